The highest BCUT2D eigenvalue weighted by atomic mass is 16.3. The maximum Gasteiger partial charge on any atom is 0.0587 e. The number of aliphatic hydroxyl groups excluding tert-OH is 1. The number of nitrogens with zero attached hydrogens (tertiary/aromatic N) is 2. The first-order valence-corrected chi connectivity index (χ1v) is 8.14. The highest BCUT2D eigenvalue weighted by Gasteiger charge is 2.37. The van der Waals surface area contributed by atoms with Crippen molar-refractivity contribution in [1.82, 2.24) is 9.80 Å². The Bertz CT molecular complexity index is 410. The van der Waals surface area contributed by atoms with Crippen molar-refractivity contribution in [1.29, 1.82) is 0 Å². The molecule has 0 bridgehead atoms. The zero-order valence-electron chi connectivity index (χ0n) is 13.9. The molecule has 21 heavy (non-hydrogen) atoms. The normalized spacial score (nSPS) is 22.9. The summed E-state index contributed by atoms with van der Waals surface area (Å²) in [5, 5.41) is 9.74. The van der Waals surface area contributed by atoms with Gasteiger partial charge in [0.2, 0.25) is 0 Å². The predicted octanol–water partition coefficient (Wildman–Crippen LogP) is 2.77. The summed E-state index contributed by atoms with van der Waals surface area (Å²) in [5.41, 5.74) is 1.37. The molecule has 3 nitrogen and oxygen atoms in total. The second-order valence-corrected chi connectivity index (χ2v) is 6.77. The van der Waals surface area contributed by atoms with Gasteiger partial charge >= 0.3 is 0 Å². The Morgan fingerprint density at radius 2 is 1.90 bits per heavy atom. The van der Waals surface area contributed by atoms with Gasteiger partial charge in [-0.1, -0.05) is 44.2 Å². The van der Waals surface area contributed by atoms with Gasteiger partial charge in [0.1, 0.15) is 0 Å². The molecule has 0 unspecified atom stereocenters. The lowest BCUT2D eigenvalue weighted by Crippen LogP contribution is -2.48. The Labute approximate surface area is 129 Å². The van der Waals surface area contributed by atoms with Crippen molar-refractivity contribution < 1.29 is 5.11 Å². The van der Waals surface area contributed by atoms with Crippen molar-refractivity contribution in [2.45, 2.75) is 44.8 Å². The van der Waals surface area contributed by atoms with Crippen LogP contribution in [-0.4, -0.2) is 54.2 Å². The molecule has 0 spiro atoms. The van der Waals surface area contributed by atoms with Crippen LogP contribution < -0.4 is 0 Å². The summed E-state index contributed by atoms with van der Waals surface area (Å²) < 4.78 is 0. The molecule has 2 rings (SSSR count). The zero-order chi connectivity index (χ0) is 15.4. The molecule has 1 aliphatic heterocycles. The third-order valence-electron chi connectivity index (χ3n) is 4.73. The van der Waals surface area contributed by atoms with Crippen molar-refractivity contribution in [3.8, 4) is 0 Å². The summed E-state index contributed by atoms with van der Waals surface area (Å²) in [5.74, 6) is 0.560. The van der Waals surface area contributed by atoms with E-state index in [-0.39, 0.29) is 6.61 Å². The lowest BCUT2D eigenvalue weighted by molar-refractivity contribution is 0.0496. The fraction of sp³-hybridized carbons (Fsp3) is 0.667. The van der Waals surface area contributed by atoms with Crippen molar-refractivity contribution in [2.24, 2.45) is 5.92 Å². The quantitative estimate of drug-likeness (QED) is 0.873. The van der Waals surface area contributed by atoms with Crippen LogP contribution in [0.5, 0.6) is 0 Å². The molecule has 3 heteroatoms. The third kappa shape index (κ3) is 3.65. The number of likely N-dealkylation sites (N-methyl/N-ethyl adjacent to an activating group) is 1. The van der Waals surface area contributed by atoms with Crippen LogP contribution in [0.2, 0.25) is 0 Å². The summed E-state index contributed by atoms with van der Waals surface area (Å²) in [6, 6.07) is 11.9. The van der Waals surface area contributed by atoms with Gasteiger partial charge in [0, 0.05) is 12.1 Å². The average molecular weight is 290 g/mol. The SMILES string of the molecule is CC(C)[C@@H]([C@H](c1ccccc1)N1CCC[C@H]1CO)N(C)C. The van der Waals surface area contributed by atoms with Crippen LogP contribution in [0, 0.1) is 5.92 Å². The number of aliphatic hydroxyl groups is 1. The van der Waals surface area contributed by atoms with E-state index in [1.807, 2.05) is 0 Å². The van der Waals surface area contributed by atoms with Gasteiger partial charge in [0.25, 0.3) is 0 Å². The summed E-state index contributed by atoms with van der Waals surface area (Å²) in [7, 11) is 4.34. The lowest BCUT2D eigenvalue weighted by Gasteiger charge is -2.43. The highest BCUT2D eigenvalue weighted by Crippen LogP contribution is 2.36. The number of benzene rings is 1. The molecular weight excluding hydrogens is 260 g/mol. The molecule has 1 fully saturated rings. The Morgan fingerprint density at radius 3 is 2.43 bits per heavy atom. The Morgan fingerprint density at radius 1 is 1.24 bits per heavy atom. The van der Waals surface area contributed by atoms with E-state index in [2.05, 4.69) is 68.1 Å². The van der Waals surface area contributed by atoms with Crippen LogP contribution in [0.1, 0.15) is 38.3 Å². The molecule has 0 aliphatic carbocycles. The molecular formula is C18H30N2O. The standard InChI is InChI=1S/C18H30N2O/c1-14(2)17(19(3)4)18(15-9-6-5-7-10-15)20-12-8-11-16(20)13-21/h5-7,9-10,14,16-18,21H,8,11-13H2,1-4H3/t16-,17-,18-/m0/s1. The molecule has 1 heterocycles. The minimum Gasteiger partial charge on any atom is -0.395 e. The average Bonchev–Trinajstić information content (AvgIpc) is 2.92. The van der Waals surface area contributed by atoms with E-state index in [9.17, 15) is 5.11 Å². The van der Waals surface area contributed by atoms with E-state index < -0.39 is 0 Å². The van der Waals surface area contributed by atoms with Crippen molar-refractivity contribution in [2.75, 3.05) is 27.2 Å². The molecule has 0 saturated carbocycles. The van der Waals surface area contributed by atoms with E-state index in [0.29, 0.717) is 24.0 Å². The second kappa shape index (κ2) is 7.39. The largest absolute Gasteiger partial charge is 0.395 e. The maximum absolute atomic E-state index is 9.74. The molecule has 1 N–H and O–H groups in total. The molecule has 118 valence electrons. The van der Waals surface area contributed by atoms with Crippen LogP contribution in [0.15, 0.2) is 30.3 Å². The van der Waals surface area contributed by atoms with E-state index >= 15 is 0 Å². The number of hydrogen-bond acceptors (Lipinski definition) is 3. The number of likely N-dealkylation sites (tertiary alicyclic amines) is 1. The van der Waals surface area contributed by atoms with Crippen LogP contribution in [-0.2, 0) is 0 Å². The van der Waals surface area contributed by atoms with Crippen LogP contribution >= 0.6 is 0 Å². The number of rotatable bonds is 6. The van der Waals surface area contributed by atoms with Gasteiger partial charge < -0.3 is 10.0 Å². The highest BCUT2D eigenvalue weighted by molar-refractivity contribution is 5.22. The van der Waals surface area contributed by atoms with E-state index in [0.717, 1.165) is 13.0 Å². The minimum absolute atomic E-state index is 0.265. The summed E-state index contributed by atoms with van der Waals surface area (Å²) in [4.78, 5) is 4.87. The van der Waals surface area contributed by atoms with Gasteiger partial charge in [-0.15, -0.1) is 0 Å². The first kappa shape index (κ1) is 16.5. The van der Waals surface area contributed by atoms with Gasteiger partial charge in [-0.05, 0) is 45.0 Å². The summed E-state index contributed by atoms with van der Waals surface area (Å²) in [6.45, 7) is 5.94. The summed E-state index contributed by atoms with van der Waals surface area (Å²) in [6.07, 6.45) is 2.30. The monoisotopic (exact) mass is 290 g/mol. The molecule has 3 atom stereocenters. The molecule has 0 amide bonds. The van der Waals surface area contributed by atoms with Gasteiger partial charge in [0.05, 0.1) is 12.6 Å². The first-order chi connectivity index (χ1) is 10.1. The third-order valence-corrected chi connectivity index (χ3v) is 4.73. The molecule has 0 aromatic heterocycles. The fourth-order valence-corrected chi connectivity index (χ4v) is 3.90. The number of hydrogen-bond donors (Lipinski definition) is 1. The van der Waals surface area contributed by atoms with Crippen LogP contribution in [0.4, 0.5) is 0 Å². The van der Waals surface area contributed by atoms with E-state index in [1.54, 1.807) is 0 Å². The topological polar surface area (TPSA) is 26.7 Å². The molecule has 1 aromatic rings. The van der Waals surface area contributed by atoms with Gasteiger partial charge in [-0.3, -0.25) is 4.90 Å². The van der Waals surface area contributed by atoms with Crippen molar-refractivity contribution in [3.05, 3.63) is 35.9 Å². The first-order valence-electron chi connectivity index (χ1n) is 8.14. The summed E-state index contributed by atoms with van der Waals surface area (Å²) >= 11 is 0. The Hall–Kier alpha value is -0.900. The van der Waals surface area contributed by atoms with E-state index in [4.69, 9.17) is 0 Å². The van der Waals surface area contributed by atoms with Crippen LogP contribution in [0.3, 0.4) is 0 Å². The van der Waals surface area contributed by atoms with E-state index in [1.165, 1.54) is 12.0 Å². The van der Waals surface area contributed by atoms with Gasteiger partial charge in [-0.25, -0.2) is 0 Å². The zero-order valence-corrected chi connectivity index (χ0v) is 13.9. The van der Waals surface area contributed by atoms with Crippen molar-refractivity contribution >= 4 is 0 Å². The Kier molecular flexibility index (Phi) is 5.80. The predicted molar refractivity (Wildman–Crippen MR) is 88.3 cm³/mol. The molecule has 1 saturated heterocycles. The van der Waals surface area contributed by atoms with Gasteiger partial charge in [0.15, 0.2) is 0 Å². The molecule has 0 radical (unpaired) electrons. The Balaban J connectivity index is 2.39. The smallest absolute Gasteiger partial charge is 0.0587 e. The molecule has 1 aliphatic rings. The maximum atomic E-state index is 9.74. The van der Waals surface area contributed by atoms with Crippen molar-refractivity contribution in [3.63, 3.8) is 0 Å². The molecule has 1 aromatic carbocycles. The van der Waals surface area contributed by atoms with Gasteiger partial charge in [-0.2, -0.15) is 0 Å². The lowest BCUT2D eigenvalue weighted by atomic mass is 9.88. The fourth-order valence-electron chi connectivity index (χ4n) is 3.90. The second-order valence-electron chi connectivity index (χ2n) is 6.77. The van der Waals surface area contributed by atoms with Crippen LogP contribution in [0.25, 0.3) is 0 Å². The minimum atomic E-state index is 0.265.